The number of carbonyl (C=O) groups is 2. The van der Waals surface area contributed by atoms with Gasteiger partial charge in [0.2, 0.25) is 0 Å². The van der Waals surface area contributed by atoms with Crippen molar-refractivity contribution < 1.29 is 19.1 Å². The van der Waals surface area contributed by atoms with Crippen LogP contribution in [0, 0.1) is 0 Å². The number of carbonyl (C=O) groups excluding carboxylic acids is 2. The zero-order valence-electron chi connectivity index (χ0n) is 13.4. The van der Waals surface area contributed by atoms with Gasteiger partial charge in [-0.1, -0.05) is 32.0 Å². The first-order valence-corrected chi connectivity index (χ1v) is 7.10. The second-order valence-electron chi connectivity index (χ2n) is 5.79. The zero-order chi connectivity index (χ0) is 16.3. The Hall–Kier alpha value is -2.14. The number of rotatable bonds is 5. The van der Waals surface area contributed by atoms with Gasteiger partial charge in [-0.2, -0.15) is 0 Å². The Morgan fingerprint density at radius 1 is 1.23 bits per heavy atom. The largest absolute Gasteiger partial charge is 0.456 e. The molecule has 0 aromatic heterocycles. The van der Waals surface area contributed by atoms with Gasteiger partial charge < -0.3 is 14.4 Å². The standard InChI is InChI=1S/C17H21NO4/c1-17(2)13-7-5-6-8-14(13)18(3)15(17)9-12(19)10-22-16(20)11-21-4/h5-9H,10-11H2,1-4H3. The van der Waals surface area contributed by atoms with Crippen LogP contribution in [-0.4, -0.2) is 39.1 Å². The predicted molar refractivity (Wildman–Crippen MR) is 83.8 cm³/mol. The van der Waals surface area contributed by atoms with Crippen LogP contribution in [0.2, 0.25) is 0 Å². The minimum Gasteiger partial charge on any atom is -0.456 e. The molecule has 0 spiro atoms. The van der Waals surface area contributed by atoms with E-state index in [1.807, 2.05) is 30.1 Å². The van der Waals surface area contributed by atoms with Gasteiger partial charge in [0.25, 0.3) is 0 Å². The minimum atomic E-state index is -0.545. The van der Waals surface area contributed by atoms with E-state index in [1.165, 1.54) is 12.7 Å². The lowest BCUT2D eigenvalue weighted by atomic mass is 9.83. The van der Waals surface area contributed by atoms with Crippen LogP contribution in [0.15, 0.2) is 36.0 Å². The van der Waals surface area contributed by atoms with Crippen LogP contribution >= 0.6 is 0 Å². The SMILES string of the molecule is COCC(=O)OCC(=O)C=C1N(C)c2ccccc2C1(C)C. The molecular weight excluding hydrogens is 282 g/mol. The number of likely N-dealkylation sites (N-methyl/N-ethyl adjacent to an activating group) is 1. The first-order valence-electron chi connectivity index (χ1n) is 7.10. The third-order valence-corrected chi connectivity index (χ3v) is 3.88. The van der Waals surface area contributed by atoms with Gasteiger partial charge >= 0.3 is 5.97 Å². The number of allylic oxidation sites excluding steroid dienone is 1. The summed E-state index contributed by atoms with van der Waals surface area (Å²) in [7, 11) is 3.34. The molecule has 22 heavy (non-hydrogen) atoms. The lowest BCUT2D eigenvalue weighted by molar-refractivity contribution is -0.150. The number of hydrogen-bond acceptors (Lipinski definition) is 5. The summed E-state index contributed by atoms with van der Waals surface area (Å²) in [4.78, 5) is 25.3. The number of esters is 1. The summed E-state index contributed by atoms with van der Waals surface area (Å²) in [6.45, 7) is 3.73. The highest BCUT2D eigenvalue weighted by Crippen LogP contribution is 2.46. The molecule has 0 saturated carbocycles. The van der Waals surface area contributed by atoms with E-state index in [1.54, 1.807) is 6.08 Å². The summed E-state index contributed by atoms with van der Waals surface area (Å²) in [5.74, 6) is -0.788. The lowest BCUT2D eigenvalue weighted by Crippen LogP contribution is -2.25. The molecule has 2 rings (SSSR count). The van der Waals surface area contributed by atoms with Crippen LogP contribution in [-0.2, 0) is 24.5 Å². The number of ketones is 1. The molecule has 0 unspecified atom stereocenters. The van der Waals surface area contributed by atoms with E-state index >= 15 is 0 Å². The van der Waals surface area contributed by atoms with Crippen LogP contribution in [0.25, 0.3) is 0 Å². The van der Waals surface area contributed by atoms with Gasteiger partial charge in [0.05, 0.1) is 0 Å². The topological polar surface area (TPSA) is 55.8 Å². The molecule has 0 atom stereocenters. The smallest absolute Gasteiger partial charge is 0.332 e. The molecule has 1 aromatic carbocycles. The molecule has 0 bridgehead atoms. The van der Waals surface area contributed by atoms with Crippen molar-refractivity contribution >= 4 is 17.4 Å². The number of benzene rings is 1. The van der Waals surface area contributed by atoms with E-state index in [2.05, 4.69) is 24.7 Å². The van der Waals surface area contributed by atoms with Gasteiger partial charge in [-0.25, -0.2) is 4.79 Å². The summed E-state index contributed by atoms with van der Waals surface area (Å²) in [6, 6.07) is 8.06. The molecular formula is C17H21NO4. The molecule has 1 aromatic rings. The van der Waals surface area contributed by atoms with E-state index < -0.39 is 5.97 Å². The third-order valence-electron chi connectivity index (χ3n) is 3.88. The molecule has 0 N–H and O–H groups in total. The minimum absolute atomic E-state index is 0.152. The number of para-hydroxylation sites is 1. The summed E-state index contributed by atoms with van der Waals surface area (Å²) >= 11 is 0. The first kappa shape index (κ1) is 16.2. The lowest BCUT2D eigenvalue weighted by Gasteiger charge is -2.23. The van der Waals surface area contributed by atoms with Crippen molar-refractivity contribution in [3.63, 3.8) is 0 Å². The Morgan fingerprint density at radius 3 is 2.55 bits per heavy atom. The molecule has 0 fully saturated rings. The second kappa shape index (κ2) is 6.32. The van der Waals surface area contributed by atoms with Gasteiger partial charge in [-0.3, -0.25) is 4.79 Å². The van der Waals surface area contributed by atoms with Crippen molar-refractivity contribution in [1.82, 2.24) is 0 Å². The van der Waals surface area contributed by atoms with Crippen LogP contribution in [0.1, 0.15) is 19.4 Å². The van der Waals surface area contributed by atoms with Crippen molar-refractivity contribution in [2.75, 3.05) is 32.3 Å². The van der Waals surface area contributed by atoms with Gasteiger partial charge in [0.1, 0.15) is 6.61 Å². The molecule has 1 heterocycles. The molecule has 0 radical (unpaired) electrons. The molecule has 0 aliphatic carbocycles. The number of ether oxygens (including phenoxy) is 2. The Kier molecular flexibility index (Phi) is 4.66. The maximum Gasteiger partial charge on any atom is 0.332 e. The zero-order valence-corrected chi connectivity index (χ0v) is 13.4. The van der Waals surface area contributed by atoms with Gasteiger partial charge in [0, 0.05) is 37.0 Å². The van der Waals surface area contributed by atoms with Crippen LogP contribution < -0.4 is 4.90 Å². The maximum absolute atomic E-state index is 12.1. The fraction of sp³-hybridized carbons (Fsp3) is 0.412. The average molecular weight is 303 g/mol. The Bertz CT molecular complexity index is 619. The summed E-state index contributed by atoms with van der Waals surface area (Å²) in [5.41, 5.74) is 2.88. The molecule has 118 valence electrons. The van der Waals surface area contributed by atoms with E-state index in [0.29, 0.717) is 0 Å². The Labute approximate surface area is 130 Å². The molecule has 5 nitrogen and oxygen atoms in total. The van der Waals surface area contributed by atoms with E-state index in [4.69, 9.17) is 4.74 Å². The highest BCUT2D eigenvalue weighted by atomic mass is 16.6. The van der Waals surface area contributed by atoms with Crippen LogP contribution in [0.3, 0.4) is 0 Å². The number of fused-ring (bicyclic) bond motifs is 1. The number of anilines is 1. The van der Waals surface area contributed by atoms with Gasteiger partial charge in [0.15, 0.2) is 12.4 Å². The van der Waals surface area contributed by atoms with Gasteiger partial charge in [-0.15, -0.1) is 0 Å². The monoisotopic (exact) mass is 303 g/mol. The normalized spacial score (nSPS) is 17.5. The first-order chi connectivity index (χ1) is 10.4. The maximum atomic E-state index is 12.1. The van der Waals surface area contributed by atoms with E-state index in [0.717, 1.165) is 11.4 Å². The molecule has 1 aliphatic rings. The highest BCUT2D eigenvalue weighted by Gasteiger charge is 2.38. The summed E-state index contributed by atoms with van der Waals surface area (Å²) < 4.78 is 9.51. The van der Waals surface area contributed by atoms with Crippen molar-refractivity contribution in [3.05, 3.63) is 41.6 Å². The van der Waals surface area contributed by atoms with Crippen LogP contribution in [0.4, 0.5) is 5.69 Å². The molecule has 0 saturated heterocycles. The fourth-order valence-corrected chi connectivity index (χ4v) is 2.76. The van der Waals surface area contributed by atoms with Crippen molar-refractivity contribution in [2.45, 2.75) is 19.3 Å². The van der Waals surface area contributed by atoms with Gasteiger partial charge in [-0.05, 0) is 11.6 Å². The Balaban J connectivity index is 2.15. The molecule has 5 heteroatoms. The fourth-order valence-electron chi connectivity index (χ4n) is 2.76. The Morgan fingerprint density at radius 2 is 1.91 bits per heavy atom. The van der Waals surface area contributed by atoms with Crippen molar-refractivity contribution in [1.29, 1.82) is 0 Å². The third kappa shape index (κ3) is 3.04. The van der Waals surface area contributed by atoms with Crippen LogP contribution in [0.5, 0.6) is 0 Å². The van der Waals surface area contributed by atoms with Crippen molar-refractivity contribution in [3.8, 4) is 0 Å². The van der Waals surface area contributed by atoms with E-state index in [-0.39, 0.29) is 24.4 Å². The average Bonchev–Trinajstić information content (AvgIpc) is 2.67. The number of hydrogen-bond donors (Lipinski definition) is 0. The number of nitrogens with zero attached hydrogens (tertiary/aromatic N) is 1. The highest BCUT2D eigenvalue weighted by molar-refractivity contribution is 5.94. The quantitative estimate of drug-likeness (QED) is 0.615. The number of methoxy groups -OCH3 is 1. The molecule has 1 aliphatic heterocycles. The van der Waals surface area contributed by atoms with Crippen molar-refractivity contribution in [2.24, 2.45) is 0 Å². The van der Waals surface area contributed by atoms with E-state index in [9.17, 15) is 9.59 Å². The summed E-state index contributed by atoms with van der Waals surface area (Å²) in [6.07, 6.45) is 1.56. The second-order valence-corrected chi connectivity index (χ2v) is 5.79. The summed E-state index contributed by atoms with van der Waals surface area (Å²) in [5, 5.41) is 0. The molecule has 0 amide bonds. The predicted octanol–water partition coefficient (Wildman–Crippen LogP) is 2.06.